The molecule has 0 aromatic heterocycles. The van der Waals surface area contributed by atoms with Crippen molar-refractivity contribution in [2.75, 3.05) is 7.11 Å². The fourth-order valence-corrected chi connectivity index (χ4v) is 3.20. The Hall–Kier alpha value is -3.08. The zero-order valence-corrected chi connectivity index (χ0v) is 14.9. The number of ether oxygens (including phenoxy) is 1. The van der Waals surface area contributed by atoms with Crippen LogP contribution in [-0.2, 0) is 16.1 Å². The van der Waals surface area contributed by atoms with E-state index in [-0.39, 0.29) is 24.3 Å². The maximum Gasteiger partial charge on any atom is 0.223 e. The summed E-state index contributed by atoms with van der Waals surface area (Å²) in [6.45, 7) is 1.89. The Balaban J connectivity index is 1.72. The molecule has 2 aromatic carbocycles. The van der Waals surface area contributed by atoms with Gasteiger partial charge >= 0.3 is 0 Å². The van der Waals surface area contributed by atoms with Gasteiger partial charge in [-0.1, -0.05) is 42.5 Å². The highest BCUT2D eigenvalue weighted by Crippen LogP contribution is 2.32. The first-order valence-electron chi connectivity index (χ1n) is 8.54. The fourth-order valence-electron chi connectivity index (χ4n) is 3.20. The van der Waals surface area contributed by atoms with Gasteiger partial charge in [-0.25, -0.2) is 0 Å². The highest BCUT2D eigenvalue weighted by molar-refractivity contribution is 5.81. The van der Waals surface area contributed by atoms with Crippen LogP contribution < -0.4 is 10.1 Å². The van der Waals surface area contributed by atoms with Gasteiger partial charge < -0.3 is 15.0 Å². The first-order chi connectivity index (χ1) is 12.6. The van der Waals surface area contributed by atoms with Crippen molar-refractivity contribution < 1.29 is 14.3 Å². The standard InChI is InChI=1S/C21H22N2O3/c1-15(24)23-12-11-16-7-3-5-9-18(16)19(23)13-21(25)22-14-17-8-4-6-10-20(17)26-2/h3-12,19H,13-14H2,1-2H3,(H,22,25)/t19-/m0/s1. The van der Waals surface area contributed by atoms with Crippen molar-refractivity contribution in [2.24, 2.45) is 0 Å². The van der Waals surface area contributed by atoms with Gasteiger partial charge in [0.05, 0.1) is 19.6 Å². The molecule has 1 aliphatic heterocycles. The van der Waals surface area contributed by atoms with Gasteiger partial charge in [0.2, 0.25) is 11.8 Å². The summed E-state index contributed by atoms with van der Waals surface area (Å²) in [5.74, 6) is 0.541. The Bertz CT molecular complexity index is 845. The molecule has 0 saturated heterocycles. The van der Waals surface area contributed by atoms with E-state index in [2.05, 4.69) is 5.32 Å². The van der Waals surface area contributed by atoms with Crippen LogP contribution >= 0.6 is 0 Å². The van der Waals surface area contributed by atoms with E-state index in [1.807, 2.05) is 54.6 Å². The van der Waals surface area contributed by atoms with Crippen molar-refractivity contribution in [3.63, 3.8) is 0 Å². The largest absolute Gasteiger partial charge is 0.496 e. The predicted molar refractivity (Wildman–Crippen MR) is 100 cm³/mol. The van der Waals surface area contributed by atoms with Gasteiger partial charge in [-0.15, -0.1) is 0 Å². The number of nitrogens with one attached hydrogen (secondary N) is 1. The van der Waals surface area contributed by atoms with Crippen LogP contribution in [0.2, 0.25) is 0 Å². The lowest BCUT2D eigenvalue weighted by molar-refractivity contribution is -0.130. The van der Waals surface area contributed by atoms with Crippen LogP contribution in [0.3, 0.4) is 0 Å². The first-order valence-corrected chi connectivity index (χ1v) is 8.54. The zero-order valence-electron chi connectivity index (χ0n) is 14.9. The molecule has 2 aromatic rings. The summed E-state index contributed by atoms with van der Waals surface area (Å²) in [7, 11) is 1.61. The SMILES string of the molecule is COc1ccccc1CNC(=O)C[C@H]1c2ccccc2C=CN1C(C)=O. The molecule has 2 amide bonds. The number of carbonyl (C=O) groups is 2. The van der Waals surface area contributed by atoms with Gasteiger partial charge in [-0.3, -0.25) is 9.59 Å². The molecule has 0 spiro atoms. The van der Waals surface area contributed by atoms with Crippen LogP contribution in [0.25, 0.3) is 6.08 Å². The Morgan fingerprint density at radius 2 is 1.85 bits per heavy atom. The molecule has 1 aliphatic rings. The average Bonchev–Trinajstić information content (AvgIpc) is 2.66. The first kappa shape index (κ1) is 17.7. The third kappa shape index (κ3) is 3.77. The summed E-state index contributed by atoms with van der Waals surface area (Å²) < 4.78 is 5.31. The van der Waals surface area contributed by atoms with E-state index in [0.29, 0.717) is 6.54 Å². The van der Waals surface area contributed by atoms with E-state index in [1.54, 1.807) is 18.2 Å². The molecule has 5 heteroatoms. The molecule has 1 heterocycles. The highest BCUT2D eigenvalue weighted by Gasteiger charge is 2.28. The van der Waals surface area contributed by atoms with Gasteiger partial charge in [0.1, 0.15) is 5.75 Å². The van der Waals surface area contributed by atoms with Crippen molar-refractivity contribution in [1.29, 1.82) is 0 Å². The second-order valence-electron chi connectivity index (χ2n) is 6.18. The number of amides is 2. The monoisotopic (exact) mass is 350 g/mol. The lowest BCUT2D eigenvalue weighted by Crippen LogP contribution is -2.35. The van der Waals surface area contributed by atoms with Crippen LogP contribution in [-0.4, -0.2) is 23.8 Å². The minimum Gasteiger partial charge on any atom is -0.496 e. The summed E-state index contributed by atoms with van der Waals surface area (Å²) in [5, 5.41) is 2.93. The number of nitrogens with zero attached hydrogens (tertiary/aromatic N) is 1. The normalized spacial score (nSPS) is 15.3. The van der Waals surface area contributed by atoms with E-state index < -0.39 is 0 Å². The van der Waals surface area contributed by atoms with Gasteiger partial charge in [-0.05, 0) is 23.3 Å². The van der Waals surface area contributed by atoms with E-state index in [4.69, 9.17) is 4.74 Å². The topological polar surface area (TPSA) is 58.6 Å². The molecule has 134 valence electrons. The summed E-state index contributed by atoms with van der Waals surface area (Å²) in [6, 6.07) is 15.1. The quantitative estimate of drug-likeness (QED) is 0.900. The Morgan fingerprint density at radius 1 is 1.12 bits per heavy atom. The molecule has 3 rings (SSSR count). The molecule has 0 fully saturated rings. The molecule has 5 nitrogen and oxygen atoms in total. The third-order valence-electron chi connectivity index (χ3n) is 4.52. The van der Waals surface area contributed by atoms with E-state index in [1.165, 1.54) is 6.92 Å². The number of methoxy groups -OCH3 is 1. The molecule has 0 aliphatic carbocycles. The number of para-hydroxylation sites is 1. The second-order valence-corrected chi connectivity index (χ2v) is 6.18. The van der Waals surface area contributed by atoms with E-state index in [0.717, 1.165) is 22.4 Å². The van der Waals surface area contributed by atoms with Crippen LogP contribution in [0.15, 0.2) is 54.7 Å². The maximum atomic E-state index is 12.5. The smallest absolute Gasteiger partial charge is 0.223 e. The van der Waals surface area contributed by atoms with Gasteiger partial charge in [0.15, 0.2) is 0 Å². The van der Waals surface area contributed by atoms with Crippen LogP contribution in [0, 0.1) is 0 Å². The van der Waals surface area contributed by atoms with Gasteiger partial charge in [0.25, 0.3) is 0 Å². The Labute approximate surface area is 153 Å². The van der Waals surface area contributed by atoms with Crippen LogP contribution in [0.4, 0.5) is 0 Å². The summed E-state index contributed by atoms with van der Waals surface area (Å²) >= 11 is 0. The molecular formula is C21H22N2O3. The number of carbonyl (C=O) groups excluding carboxylic acids is 2. The summed E-state index contributed by atoms with van der Waals surface area (Å²) in [6.07, 6.45) is 3.86. The Morgan fingerprint density at radius 3 is 2.62 bits per heavy atom. The number of rotatable bonds is 5. The van der Waals surface area contributed by atoms with Crippen LogP contribution in [0.1, 0.15) is 36.1 Å². The lowest BCUT2D eigenvalue weighted by Gasteiger charge is -2.32. The molecule has 1 atom stereocenters. The van der Waals surface area contributed by atoms with Gasteiger partial charge in [-0.2, -0.15) is 0 Å². The molecule has 0 unspecified atom stereocenters. The fraction of sp³-hybridized carbons (Fsp3) is 0.238. The van der Waals surface area contributed by atoms with Crippen molar-refractivity contribution >= 4 is 17.9 Å². The summed E-state index contributed by atoms with van der Waals surface area (Å²) in [5.41, 5.74) is 2.93. The highest BCUT2D eigenvalue weighted by atomic mass is 16.5. The molecule has 0 radical (unpaired) electrons. The van der Waals surface area contributed by atoms with Crippen LogP contribution in [0.5, 0.6) is 5.75 Å². The predicted octanol–water partition coefficient (Wildman–Crippen LogP) is 3.28. The molecule has 0 bridgehead atoms. The Kier molecular flexibility index (Phi) is 5.37. The molecule has 1 N–H and O–H groups in total. The van der Waals surface area contributed by atoms with E-state index in [9.17, 15) is 9.59 Å². The minimum atomic E-state index is -0.300. The number of benzene rings is 2. The van der Waals surface area contributed by atoms with E-state index >= 15 is 0 Å². The van der Waals surface area contributed by atoms with Crippen molar-refractivity contribution in [3.05, 3.63) is 71.4 Å². The average molecular weight is 350 g/mol. The molecular weight excluding hydrogens is 328 g/mol. The molecule has 0 saturated carbocycles. The zero-order chi connectivity index (χ0) is 18.5. The number of hydrogen-bond acceptors (Lipinski definition) is 3. The minimum absolute atomic E-state index is 0.0849. The lowest BCUT2D eigenvalue weighted by atomic mass is 9.93. The van der Waals surface area contributed by atoms with Crippen molar-refractivity contribution in [2.45, 2.75) is 25.9 Å². The molecule has 26 heavy (non-hydrogen) atoms. The maximum absolute atomic E-state index is 12.5. The third-order valence-corrected chi connectivity index (χ3v) is 4.52. The summed E-state index contributed by atoms with van der Waals surface area (Å²) in [4.78, 5) is 26.2. The van der Waals surface area contributed by atoms with Crippen molar-refractivity contribution in [1.82, 2.24) is 10.2 Å². The second kappa shape index (κ2) is 7.87. The van der Waals surface area contributed by atoms with Crippen molar-refractivity contribution in [3.8, 4) is 5.75 Å². The van der Waals surface area contributed by atoms with Gasteiger partial charge in [0, 0.05) is 25.2 Å². The number of fused-ring (bicyclic) bond motifs is 1. The number of hydrogen-bond donors (Lipinski definition) is 1.